The van der Waals surface area contributed by atoms with Crippen LogP contribution in [0.5, 0.6) is 0 Å². The first-order valence-electron chi connectivity index (χ1n) is 5.76. The van der Waals surface area contributed by atoms with Gasteiger partial charge in [-0.3, -0.25) is 4.79 Å². The topological polar surface area (TPSA) is 58.6 Å². The number of aliphatic carboxylic acids is 1. The summed E-state index contributed by atoms with van der Waals surface area (Å²) >= 11 is 0. The predicted molar refractivity (Wildman–Crippen MR) is 55.7 cm³/mol. The Kier molecular flexibility index (Phi) is 2.98. The normalized spacial score (nSPS) is 34.9. The average Bonchev–Trinajstić information content (AvgIpc) is 2.91. The van der Waals surface area contributed by atoms with Crippen molar-refractivity contribution in [3.8, 4) is 0 Å². The Balaban J connectivity index is 1.81. The van der Waals surface area contributed by atoms with Crippen LogP contribution >= 0.6 is 0 Å². The van der Waals surface area contributed by atoms with Crippen LogP contribution in [0.2, 0.25) is 0 Å². The van der Waals surface area contributed by atoms with Gasteiger partial charge in [-0.25, -0.2) is 0 Å². The van der Waals surface area contributed by atoms with Crippen LogP contribution in [0.25, 0.3) is 0 Å². The molecule has 0 atom stereocenters. The van der Waals surface area contributed by atoms with Crippen LogP contribution in [0.3, 0.4) is 0 Å². The van der Waals surface area contributed by atoms with Crippen LogP contribution in [-0.4, -0.2) is 35.9 Å². The maximum Gasteiger partial charge on any atom is 0.324 e. The average molecular weight is 213 g/mol. The van der Waals surface area contributed by atoms with Gasteiger partial charge in [-0.15, -0.1) is 0 Å². The van der Waals surface area contributed by atoms with Crippen molar-refractivity contribution in [2.24, 2.45) is 5.92 Å². The molecule has 0 aromatic carbocycles. The highest BCUT2D eigenvalue weighted by atomic mass is 16.5. The van der Waals surface area contributed by atoms with E-state index in [1.54, 1.807) is 0 Å². The molecule has 0 aromatic rings. The van der Waals surface area contributed by atoms with E-state index in [1.807, 2.05) is 6.92 Å². The van der Waals surface area contributed by atoms with Crippen molar-refractivity contribution in [3.63, 3.8) is 0 Å². The highest BCUT2D eigenvalue weighted by molar-refractivity contribution is 5.80. The monoisotopic (exact) mass is 213 g/mol. The van der Waals surface area contributed by atoms with E-state index in [0.29, 0.717) is 25.4 Å². The van der Waals surface area contributed by atoms with Crippen LogP contribution in [0, 0.1) is 5.92 Å². The molecule has 0 radical (unpaired) electrons. The number of carboxylic acid groups (broad SMARTS) is 1. The largest absolute Gasteiger partial charge is 0.480 e. The van der Waals surface area contributed by atoms with Crippen molar-refractivity contribution < 1.29 is 14.6 Å². The lowest BCUT2D eigenvalue weighted by Gasteiger charge is -2.44. The van der Waals surface area contributed by atoms with Gasteiger partial charge in [-0.05, 0) is 32.2 Å². The minimum absolute atomic E-state index is 0.137. The summed E-state index contributed by atoms with van der Waals surface area (Å²) in [6, 6.07) is 0. The van der Waals surface area contributed by atoms with Crippen LogP contribution in [0.4, 0.5) is 0 Å². The molecule has 2 aliphatic rings. The smallest absolute Gasteiger partial charge is 0.324 e. The molecular weight excluding hydrogens is 194 g/mol. The lowest BCUT2D eigenvalue weighted by Crippen LogP contribution is -2.63. The van der Waals surface area contributed by atoms with E-state index < -0.39 is 11.5 Å². The third-order valence-corrected chi connectivity index (χ3v) is 3.39. The number of rotatable bonds is 6. The van der Waals surface area contributed by atoms with Crippen molar-refractivity contribution in [1.82, 2.24) is 5.32 Å². The van der Waals surface area contributed by atoms with E-state index in [1.165, 1.54) is 12.8 Å². The number of nitrogens with one attached hydrogen (secondary N) is 1. The van der Waals surface area contributed by atoms with E-state index in [0.717, 1.165) is 6.54 Å². The van der Waals surface area contributed by atoms with Gasteiger partial charge in [-0.1, -0.05) is 0 Å². The standard InChI is InChI=1S/C11H19NO3/c1-2-15-9-5-11(6-9,10(13)14)12-7-8-3-4-8/h8-9,12H,2-7H2,1H3,(H,13,14). The summed E-state index contributed by atoms with van der Waals surface area (Å²) in [4.78, 5) is 11.2. The maximum atomic E-state index is 11.2. The van der Waals surface area contributed by atoms with Crippen LogP contribution in [0.1, 0.15) is 32.6 Å². The molecule has 2 aliphatic carbocycles. The Labute approximate surface area is 90.0 Å². The van der Waals surface area contributed by atoms with Crippen molar-refractivity contribution in [2.75, 3.05) is 13.2 Å². The summed E-state index contributed by atoms with van der Waals surface area (Å²) in [6.07, 6.45) is 3.86. The first kappa shape index (κ1) is 10.9. The van der Waals surface area contributed by atoms with E-state index in [2.05, 4.69) is 5.32 Å². The van der Waals surface area contributed by atoms with Gasteiger partial charge >= 0.3 is 5.97 Å². The summed E-state index contributed by atoms with van der Waals surface area (Å²) in [5, 5.41) is 12.4. The lowest BCUT2D eigenvalue weighted by atomic mass is 9.74. The number of hydrogen-bond acceptors (Lipinski definition) is 3. The molecule has 4 nitrogen and oxygen atoms in total. The minimum atomic E-state index is -0.723. The van der Waals surface area contributed by atoms with E-state index in [-0.39, 0.29) is 6.10 Å². The first-order chi connectivity index (χ1) is 7.16. The van der Waals surface area contributed by atoms with Gasteiger partial charge in [0.1, 0.15) is 5.54 Å². The van der Waals surface area contributed by atoms with Gasteiger partial charge < -0.3 is 15.2 Å². The van der Waals surface area contributed by atoms with Crippen molar-refractivity contribution in [2.45, 2.75) is 44.2 Å². The molecule has 0 amide bonds. The molecule has 86 valence electrons. The number of hydrogen-bond donors (Lipinski definition) is 2. The van der Waals surface area contributed by atoms with Gasteiger partial charge in [-0.2, -0.15) is 0 Å². The van der Waals surface area contributed by atoms with Gasteiger partial charge in [0, 0.05) is 19.4 Å². The van der Waals surface area contributed by atoms with Crippen molar-refractivity contribution in [1.29, 1.82) is 0 Å². The molecule has 4 heteroatoms. The van der Waals surface area contributed by atoms with E-state index in [4.69, 9.17) is 4.74 Å². The zero-order valence-electron chi connectivity index (χ0n) is 9.16. The third-order valence-electron chi connectivity index (χ3n) is 3.39. The lowest BCUT2D eigenvalue weighted by molar-refractivity contribution is -0.157. The summed E-state index contributed by atoms with van der Waals surface area (Å²) in [7, 11) is 0. The number of ether oxygens (including phenoxy) is 1. The Morgan fingerprint density at radius 3 is 2.67 bits per heavy atom. The summed E-state index contributed by atoms with van der Waals surface area (Å²) < 4.78 is 5.40. The Morgan fingerprint density at radius 2 is 2.20 bits per heavy atom. The van der Waals surface area contributed by atoms with Crippen LogP contribution in [0.15, 0.2) is 0 Å². The Hall–Kier alpha value is -0.610. The fourth-order valence-corrected chi connectivity index (χ4v) is 2.13. The maximum absolute atomic E-state index is 11.2. The highest BCUT2D eigenvalue weighted by Crippen LogP contribution is 2.36. The Morgan fingerprint density at radius 1 is 1.53 bits per heavy atom. The molecule has 15 heavy (non-hydrogen) atoms. The quantitative estimate of drug-likeness (QED) is 0.691. The van der Waals surface area contributed by atoms with Crippen LogP contribution in [-0.2, 0) is 9.53 Å². The second-order valence-electron chi connectivity index (χ2n) is 4.70. The molecule has 0 spiro atoms. The molecule has 0 aliphatic heterocycles. The van der Waals surface area contributed by atoms with Crippen LogP contribution < -0.4 is 5.32 Å². The second kappa shape index (κ2) is 4.10. The summed E-state index contributed by atoms with van der Waals surface area (Å²) in [5.41, 5.74) is -0.692. The molecule has 0 unspecified atom stereocenters. The predicted octanol–water partition coefficient (Wildman–Crippen LogP) is 1.01. The molecular formula is C11H19NO3. The molecule has 2 N–H and O–H groups in total. The molecule has 0 aromatic heterocycles. The molecule has 0 heterocycles. The van der Waals surface area contributed by atoms with Crippen molar-refractivity contribution in [3.05, 3.63) is 0 Å². The van der Waals surface area contributed by atoms with E-state index >= 15 is 0 Å². The Bertz CT molecular complexity index is 244. The minimum Gasteiger partial charge on any atom is -0.480 e. The van der Waals surface area contributed by atoms with Gasteiger partial charge in [0.15, 0.2) is 0 Å². The van der Waals surface area contributed by atoms with Gasteiger partial charge in [0.2, 0.25) is 0 Å². The zero-order valence-corrected chi connectivity index (χ0v) is 9.16. The number of carbonyl (C=O) groups is 1. The molecule has 2 fully saturated rings. The third kappa shape index (κ3) is 2.32. The highest BCUT2D eigenvalue weighted by Gasteiger charge is 2.51. The zero-order chi connectivity index (χ0) is 10.9. The SMILES string of the molecule is CCOC1CC(NCC2CC2)(C(=O)O)C1. The first-order valence-corrected chi connectivity index (χ1v) is 5.76. The van der Waals surface area contributed by atoms with Gasteiger partial charge in [0.05, 0.1) is 6.10 Å². The molecule has 0 saturated heterocycles. The number of carboxylic acids is 1. The molecule has 0 bridgehead atoms. The fraction of sp³-hybridized carbons (Fsp3) is 0.909. The summed E-state index contributed by atoms with van der Waals surface area (Å²) in [6.45, 7) is 3.46. The summed E-state index contributed by atoms with van der Waals surface area (Å²) in [5.74, 6) is -0.00790. The molecule has 2 saturated carbocycles. The fourth-order valence-electron chi connectivity index (χ4n) is 2.13. The van der Waals surface area contributed by atoms with Gasteiger partial charge in [0.25, 0.3) is 0 Å². The van der Waals surface area contributed by atoms with Crippen molar-refractivity contribution >= 4 is 5.97 Å². The molecule has 2 rings (SSSR count). The van der Waals surface area contributed by atoms with E-state index in [9.17, 15) is 9.90 Å². The second-order valence-corrected chi connectivity index (χ2v) is 4.70.